The van der Waals surface area contributed by atoms with Gasteiger partial charge in [0.1, 0.15) is 5.75 Å². The molecule has 1 aliphatic rings. The molecule has 4 heteroatoms. The largest absolute Gasteiger partial charge is 0.491 e. The van der Waals surface area contributed by atoms with E-state index in [1.54, 1.807) is 0 Å². The van der Waals surface area contributed by atoms with Crippen molar-refractivity contribution in [3.63, 3.8) is 0 Å². The monoisotopic (exact) mass is 352 g/mol. The number of aryl methyl sites for hydroxylation is 1. The Kier molecular flexibility index (Phi) is 5.82. The minimum Gasteiger partial charge on any atom is -0.491 e. The molecule has 0 spiro atoms. The molecule has 4 nitrogen and oxygen atoms in total. The fraction of sp³-hybridized carbons (Fsp3) is 0.409. The third kappa shape index (κ3) is 4.78. The molecule has 3 rings (SSSR count). The number of rotatable bonds is 5. The highest BCUT2D eigenvalue weighted by molar-refractivity contribution is 5.92. The number of anilines is 2. The van der Waals surface area contributed by atoms with Crippen LogP contribution in [0.3, 0.4) is 0 Å². The Balaban J connectivity index is 1.51. The molecule has 0 unspecified atom stereocenters. The molecule has 1 amide bonds. The summed E-state index contributed by atoms with van der Waals surface area (Å²) in [4.78, 5) is 14.9. The molecule has 1 heterocycles. The zero-order valence-electron chi connectivity index (χ0n) is 15.9. The third-order valence-corrected chi connectivity index (χ3v) is 4.76. The maximum absolute atomic E-state index is 12.6. The predicted molar refractivity (Wildman–Crippen MR) is 107 cm³/mol. The second-order valence-electron chi connectivity index (χ2n) is 7.28. The molecule has 2 aromatic carbocycles. The van der Waals surface area contributed by atoms with Crippen LogP contribution in [0.25, 0.3) is 0 Å². The van der Waals surface area contributed by atoms with E-state index < -0.39 is 0 Å². The first kappa shape index (κ1) is 18.3. The molecule has 138 valence electrons. The number of ether oxygens (including phenoxy) is 1. The number of hydrogen-bond acceptors (Lipinski definition) is 3. The fourth-order valence-corrected chi connectivity index (χ4v) is 3.29. The van der Waals surface area contributed by atoms with Crippen LogP contribution in [0.1, 0.15) is 32.3 Å². The maximum atomic E-state index is 12.6. The third-order valence-electron chi connectivity index (χ3n) is 4.76. The lowest BCUT2D eigenvalue weighted by Gasteiger charge is -2.33. The first-order valence-corrected chi connectivity index (χ1v) is 9.40. The van der Waals surface area contributed by atoms with Crippen molar-refractivity contribution in [1.29, 1.82) is 0 Å². The normalized spacial score (nSPS) is 15.2. The van der Waals surface area contributed by atoms with Gasteiger partial charge in [-0.3, -0.25) is 4.79 Å². The summed E-state index contributed by atoms with van der Waals surface area (Å²) < 4.78 is 5.63. The molecule has 0 atom stereocenters. The summed E-state index contributed by atoms with van der Waals surface area (Å²) in [7, 11) is 0. The molecule has 0 radical (unpaired) electrons. The molecule has 0 bridgehead atoms. The van der Waals surface area contributed by atoms with Gasteiger partial charge in [0.15, 0.2) is 0 Å². The van der Waals surface area contributed by atoms with E-state index in [0.717, 1.165) is 37.4 Å². The van der Waals surface area contributed by atoms with Crippen LogP contribution in [0.4, 0.5) is 11.4 Å². The second kappa shape index (κ2) is 8.26. The Morgan fingerprint density at radius 3 is 2.23 bits per heavy atom. The number of hydrogen-bond donors (Lipinski definition) is 1. The summed E-state index contributed by atoms with van der Waals surface area (Å²) in [5.74, 6) is 1.01. The smallest absolute Gasteiger partial charge is 0.227 e. The van der Waals surface area contributed by atoms with Gasteiger partial charge in [-0.1, -0.05) is 17.7 Å². The first-order chi connectivity index (χ1) is 12.5. The second-order valence-corrected chi connectivity index (χ2v) is 7.28. The topological polar surface area (TPSA) is 41.6 Å². The number of amides is 1. The minimum atomic E-state index is 0.0725. The molecule has 2 aromatic rings. The number of piperidine rings is 1. The Hall–Kier alpha value is -2.49. The summed E-state index contributed by atoms with van der Waals surface area (Å²) in [5.41, 5.74) is 3.34. The molecule has 1 saturated heterocycles. The Morgan fingerprint density at radius 1 is 1.04 bits per heavy atom. The average molecular weight is 352 g/mol. The van der Waals surface area contributed by atoms with Crippen LogP contribution in [0, 0.1) is 12.8 Å². The zero-order valence-corrected chi connectivity index (χ0v) is 15.9. The Labute approximate surface area is 156 Å². The van der Waals surface area contributed by atoms with Crippen LogP contribution in [-0.4, -0.2) is 25.1 Å². The van der Waals surface area contributed by atoms with E-state index in [2.05, 4.69) is 41.4 Å². The first-order valence-electron chi connectivity index (χ1n) is 9.40. The quantitative estimate of drug-likeness (QED) is 0.852. The van der Waals surface area contributed by atoms with Crippen LogP contribution in [0.15, 0.2) is 48.5 Å². The highest BCUT2D eigenvalue weighted by Crippen LogP contribution is 2.25. The Bertz CT molecular complexity index is 715. The van der Waals surface area contributed by atoms with E-state index in [0.29, 0.717) is 0 Å². The average Bonchev–Trinajstić information content (AvgIpc) is 2.64. The Morgan fingerprint density at radius 2 is 1.65 bits per heavy atom. The molecular formula is C22H28N2O2. The van der Waals surface area contributed by atoms with E-state index >= 15 is 0 Å². The molecule has 26 heavy (non-hydrogen) atoms. The maximum Gasteiger partial charge on any atom is 0.227 e. The van der Waals surface area contributed by atoms with Crippen molar-refractivity contribution in [2.75, 3.05) is 23.3 Å². The van der Waals surface area contributed by atoms with E-state index in [1.807, 2.05) is 38.1 Å². The molecule has 0 aromatic heterocycles. The van der Waals surface area contributed by atoms with Gasteiger partial charge in [-0.15, -0.1) is 0 Å². The van der Waals surface area contributed by atoms with Gasteiger partial charge in [-0.05, 0) is 70.0 Å². The lowest BCUT2D eigenvalue weighted by Crippen LogP contribution is -2.38. The van der Waals surface area contributed by atoms with Gasteiger partial charge in [0, 0.05) is 30.4 Å². The molecule has 1 N–H and O–H groups in total. The number of carbonyl (C=O) groups excluding carboxylic acids is 1. The highest BCUT2D eigenvalue weighted by atomic mass is 16.5. The SMILES string of the molecule is Cc1ccc(N2CCC(C(=O)Nc3ccc(OC(C)C)cc3)CC2)cc1. The van der Waals surface area contributed by atoms with Gasteiger partial charge >= 0.3 is 0 Å². The molecule has 0 saturated carbocycles. The van der Waals surface area contributed by atoms with Crippen molar-refractivity contribution in [2.45, 2.75) is 39.7 Å². The summed E-state index contributed by atoms with van der Waals surface area (Å²) >= 11 is 0. The number of nitrogens with zero attached hydrogens (tertiary/aromatic N) is 1. The molecule has 0 aliphatic carbocycles. The van der Waals surface area contributed by atoms with E-state index in [1.165, 1.54) is 11.3 Å². The number of benzene rings is 2. The van der Waals surface area contributed by atoms with Crippen molar-refractivity contribution in [1.82, 2.24) is 0 Å². The number of carbonyl (C=O) groups is 1. The van der Waals surface area contributed by atoms with E-state index in [4.69, 9.17) is 4.74 Å². The molecule has 1 fully saturated rings. The van der Waals surface area contributed by atoms with Crippen LogP contribution < -0.4 is 15.0 Å². The lowest BCUT2D eigenvalue weighted by molar-refractivity contribution is -0.120. The van der Waals surface area contributed by atoms with Crippen molar-refractivity contribution in [3.8, 4) is 5.75 Å². The van der Waals surface area contributed by atoms with Crippen LogP contribution in [-0.2, 0) is 4.79 Å². The summed E-state index contributed by atoms with van der Waals surface area (Å²) in [6.45, 7) is 7.93. The minimum absolute atomic E-state index is 0.0725. The standard InChI is InChI=1S/C22H28N2O2/c1-16(2)26-21-10-6-19(7-11-21)23-22(25)18-12-14-24(15-13-18)20-8-4-17(3)5-9-20/h4-11,16,18H,12-15H2,1-3H3,(H,23,25). The van der Waals surface area contributed by atoms with Gasteiger partial charge in [0.2, 0.25) is 5.91 Å². The zero-order chi connectivity index (χ0) is 18.5. The van der Waals surface area contributed by atoms with Gasteiger partial charge in [-0.2, -0.15) is 0 Å². The lowest BCUT2D eigenvalue weighted by atomic mass is 9.95. The predicted octanol–water partition coefficient (Wildman–Crippen LogP) is 4.64. The van der Waals surface area contributed by atoms with Gasteiger partial charge in [0.25, 0.3) is 0 Å². The van der Waals surface area contributed by atoms with Gasteiger partial charge in [-0.25, -0.2) is 0 Å². The molecular weight excluding hydrogens is 324 g/mol. The van der Waals surface area contributed by atoms with Crippen molar-refractivity contribution < 1.29 is 9.53 Å². The summed E-state index contributed by atoms with van der Waals surface area (Å²) in [6, 6.07) is 16.2. The van der Waals surface area contributed by atoms with Crippen LogP contribution >= 0.6 is 0 Å². The van der Waals surface area contributed by atoms with Crippen molar-refractivity contribution >= 4 is 17.3 Å². The van der Waals surface area contributed by atoms with Gasteiger partial charge in [0.05, 0.1) is 6.10 Å². The van der Waals surface area contributed by atoms with Gasteiger partial charge < -0.3 is 15.0 Å². The summed E-state index contributed by atoms with van der Waals surface area (Å²) in [5, 5.41) is 3.04. The summed E-state index contributed by atoms with van der Waals surface area (Å²) in [6.07, 6.45) is 1.91. The van der Waals surface area contributed by atoms with E-state index in [9.17, 15) is 4.79 Å². The highest BCUT2D eigenvalue weighted by Gasteiger charge is 2.25. The van der Waals surface area contributed by atoms with E-state index in [-0.39, 0.29) is 17.9 Å². The van der Waals surface area contributed by atoms with Crippen LogP contribution in [0.2, 0.25) is 0 Å². The van der Waals surface area contributed by atoms with Crippen molar-refractivity contribution in [2.24, 2.45) is 5.92 Å². The fourth-order valence-electron chi connectivity index (χ4n) is 3.29. The van der Waals surface area contributed by atoms with Crippen molar-refractivity contribution in [3.05, 3.63) is 54.1 Å². The number of nitrogens with one attached hydrogen (secondary N) is 1. The van der Waals surface area contributed by atoms with Crippen LogP contribution in [0.5, 0.6) is 5.75 Å². The molecule has 1 aliphatic heterocycles.